The standard InChI is InChI=1S/C19H20F4N2O4.C18H19ClF3N3O2.C17H17ClF3N3O2/c1-9-8-12(6-7-13(9)20)24-16(26)15-10(2)14(11(3)25(15)4)18(28,17(27)29-5)19(21,22)23;1-17(2,3)24-16(27)18(21,22)14-7-10(9-25(14)4)15(26)23-11-5-6-13(20)12(19)8-11;1-3-6-22-16(26)17(20,21)14-7-10(9-24(14)2)15(25)23-11-4-5-13(19)12(18)8-11/h6-8,28H,1-5H3,(H,24,26);5-9H,1-4H3,(H,23,26)(H,24,27);4-5,7-9H,3,6H2,1-2H3,(H,22,26)(H,23,25). The number of hydrogen-bond donors (Lipinski definition) is 6. The van der Waals surface area contributed by atoms with Gasteiger partial charge in [-0.25, -0.2) is 18.0 Å². The lowest BCUT2D eigenvalue weighted by Crippen LogP contribution is -2.50. The molecule has 0 saturated heterocycles. The van der Waals surface area contributed by atoms with Crippen molar-refractivity contribution in [1.29, 1.82) is 0 Å². The Balaban J connectivity index is 0.000000265. The molecule has 5 amide bonds. The molecule has 0 aliphatic rings. The van der Waals surface area contributed by atoms with Crippen LogP contribution in [0.2, 0.25) is 10.0 Å². The average Bonchev–Trinajstić information content (AvgIpc) is 4.19. The first kappa shape index (κ1) is 66.7. The van der Waals surface area contributed by atoms with E-state index in [0.29, 0.717) is 6.42 Å². The summed E-state index contributed by atoms with van der Waals surface area (Å²) < 4.78 is 146. The van der Waals surface area contributed by atoms with Gasteiger partial charge in [-0.1, -0.05) is 30.1 Å². The molecule has 28 heteroatoms. The highest BCUT2D eigenvalue weighted by Gasteiger charge is 2.64. The number of aryl methyl sites for hydroxylation is 3. The number of aliphatic hydroxyl groups is 1. The Morgan fingerprint density at radius 2 is 1.04 bits per heavy atom. The molecule has 3 aromatic heterocycles. The van der Waals surface area contributed by atoms with Crippen LogP contribution in [0.4, 0.5) is 61.0 Å². The number of alkyl halides is 7. The van der Waals surface area contributed by atoms with Crippen LogP contribution in [0.25, 0.3) is 0 Å². The Kier molecular flexibility index (Phi) is 21.1. The molecule has 6 aromatic rings. The normalized spacial score (nSPS) is 12.4. The summed E-state index contributed by atoms with van der Waals surface area (Å²) in [5.74, 6) is -16.4. The van der Waals surface area contributed by atoms with E-state index in [1.165, 1.54) is 90.7 Å². The molecule has 0 fully saturated rings. The molecule has 0 radical (unpaired) electrons. The van der Waals surface area contributed by atoms with Crippen LogP contribution >= 0.6 is 23.2 Å². The number of nitrogens with one attached hydrogen (secondary N) is 5. The largest absolute Gasteiger partial charge is 0.466 e. The zero-order valence-electron chi connectivity index (χ0n) is 45.6. The minimum atomic E-state index is -5.39. The number of rotatable bonds is 14. The van der Waals surface area contributed by atoms with Crippen LogP contribution in [0.3, 0.4) is 0 Å². The van der Waals surface area contributed by atoms with Crippen LogP contribution in [0.1, 0.15) is 99.1 Å². The molecule has 82 heavy (non-hydrogen) atoms. The van der Waals surface area contributed by atoms with E-state index >= 15 is 0 Å². The summed E-state index contributed by atoms with van der Waals surface area (Å²) in [6.45, 7) is 10.5. The third kappa shape index (κ3) is 15.2. The number of benzene rings is 3. The lowest BCUT2D eigenvalue weighted by molar-refractivity contribution is -0.267. The topological polar surface area (TPSA) is 207 Å². The highest BCUT2D eigenvalue weighted by atomic mass is 35.5. The van der Waals surface area contributed by atoms with Crippen LogP contribution in [-0.2, 0) is 57.7 Å². The summed E-state index contributed by atoms with van der Waals surface area (Å²) in [6.07, 6.45) is -2.52. The van der Waals surface area contributed by atoms with Gasteiger partial charge in [-0.3, -0.25) is 24.0 Å². The Bertz CT molecular complexity index is 3410. The number of ether oxygens (including phenoxy) is 1. The first-order chi connectivity index (χ1) is 37.7. The minimum Gasteiger partial charge on any atom is -0.466 e. The molecule has 3 aromatic carbocycles. The minimum absolute atomic E-state index is 0.0779. The fraction of sp³-hybridized carbons (Fsp3) is 0.333. The Labute approximate surface area is 473 Å². The second kappa shape index (κ2) is 26.0. The fourth-order valence-electron chi connectivity index (χ4n) is 7.81. The quantitative estimate of drug-likeness (QED) is 0.0456. The molecule has 444 valence electrons. The summed E-state index contributed by atoms with van der Waals surface area (Å²) in [6, 6.07) is 12.8. The monoisotopic (exact) mass is 1200 g/mol. The second-order valence-corrected chi connectivity index (χ2v) is 20.1. The van der Waals surface area contributed by atoms with Gasteiger partial charge < -0.3 is 50.1 Å². The first-order valence-corrected chi connectivity index (χ1v) is 24.8. The molecule has 0 aliphatic carbocycles. The molecular weight excluding hydrogens is 1150 g/mol. The van der Waals surface area contributed by atoms with Crippen molar-refractivity contribution in [3.8, 4) is 0 Å². The molecule has 3 heterocycles. The molecule has 1 atom stereocenters. The van der Waals surface area contributed by atoms with Crippen LogP contribution in [0, 0.1) is 38.2 Å². The van der Waals surface area contributed by atoms with Gasteiger partial charge in [0.05, 0.1) is 39.7 Å². The van der Waals surface area contributed by atoms with E-state index in [1.807, 2.05) is 0 Å². The maximum atomic E-state index is 14.5. The summed E-state index contributed by atoms with van der Waals surface area (Å²) in [5.41, 5.74) is -6.67. The zero-order chi connectivity index (χ0) is 62.4. The van der Waals surface area contributed by atoms with Gasteiger partial charge in [0.15, 0.2) is 0 Å². The Hall–Kier alpha value is -7.84. The van der Waals surface area contributed by atoms with Crippen molar-refractivity contribution in [2.75, 3.05) is 29.6 Å². The second-order valence-electron chi connectivity index (χ2n) is 19.3. The maximum Gasteiger partial charge on any atom is 0.432 e. The van der Waals surface area contributed by atoms with E-state index in [0.717, 1.165) is 51.1 Å². The van der Waals surface area contributed by atoms with E-state index in [2.05, 4.69) is 31.3 Å². The van der Waals surface area contributed by atoms with Crippen molar-refractivity contribution in [3.63, 3.8) is 0 Å². The summed E-state index contributed by atoms with van der Waals surface area (Å²) >= 11 is 11.3. The van der Waals surface area contributed by atoms with Crippen molar-refractivity contribution in [1.82, 2.24) is 24.3 Å². The number of methoxy groups -OCH3 is 1. The van der Waals surface area contributed by atoms with Gasteiger partial charge in [-0.05, 0) is 126 Å². The van der Waals surface area contributed by atoms with Crippen molar-refractivity contribution < 1.29 is 82.5 Å². The van der Waals surface area contributed by atoms with Crippen molar-refractivity contribution in [2.45, 2.75) is 84.0 Å². The Morgan fingerprint density at radius 1 is 0.622 bits per heavy atom. The predicted octanol–water partition coefficient (Wildman–Crippen LogP) is 11.0. The first-order valence-electron chi connectivity index (χ1n) is 24.1. The highest BCUT2D eigenvalue weighted by molar-refractivity contribution is 6.31. The number of nitrogens with zero attached hydrogens (tertiary/aromatic N) is 3. The van der Waals surface area contributed by atoms with Crippen LogP contribution in [0.15, 0.2) is 79.1 Å². The summed E-state index contributed by atoms with van der Waals surface area (Å²) in [4.78, 5) is 72.8. The smallest absolute Gasteiger partial charge is 0.432 e. The molecule has 6 N–H and O–H groups in total. The van der Waals surface area contributed by atoms with Gasteiger partial charge >= 0.3 is 24.0 Å². The van der Waals surface area contributed by atoms with Gasteiger partial charge in [-0.15, -0.1) is 0 Å². The van der Waals surface area contributed by atoms with Gasteiger partial charge in [0.2, 0.25) is 0 Å². The van der Waals surface area contributed by atoms with Crippen LogP contribution in [0.5, 0.6) is 0 Å². The van der Waals surface area contributed by atoms with Crippen LogP contribution < -0.4 is 26.6 Å². The molecule has 16 nitrogen and oxygen atoms in total. The lowest BCUT2D eigenvalue weighted by atomic mass is 9.89. The number of hydrogen-bond acceptors (Lipinski definition) is 8. The number of esters is 1. The van der Waals surface area contributed by atoms with Crippen molar-refractivity contribution >= 4 is 75.8 Å². The molecule has 6 rings (SSSR count). The summed E-state index contributed by atoms with van der Waals surface area (Å²) in [5, 5.41) is 21.7. The van der Waals surface area contributed by atoms with E-state index in [1.54, 1.807) is 27.7 Å². The number of aromatic nitrogens is 3. The summed E-state index contributed by atoms with van der Waals surface area (Å²) in [7, 11) is 4.66. The third-order valence-corrected chi connectivity index (χ3v) is 12.5. The fourth-order valence-corrected chi connectivity index (χ4v) is 8.17. The highest BCUT2D eigenvalue weighted by Crippen LogP contribution is 2.44. The zero-order valence-corrected chi connectivity index (χ0v) is 47.1. The molecule has 0 bridgehead atoms. The molecule has 0 aliphatic heterocycles. The number of carbonyl (C=O) groups is 6. The number of carbonyl (C=O) groups excluding carboxylic acids is 6. The molecule has 0 spiro atoms. The van der Waals surface area contributed by atoms with Gasteiger partial charge in [0.25, 0.3) is 35.1 Å². The van der Waals surface area contributed by atoms with Gasteiger partial charge in [0, 0.05) is 73.9 Å². The van der Waals surface area contributed by atoms with Gasteiger partial charge in [0.1, 0.15) is 23.1 Å². The van der Waals surface area contributed by atoms with Crippen LogP contribution in [-0.4, -0.2) is 79.7 Å². The third-order valence-electron chi connectivity index (χ3n) is 11.9. The number of anilines is 3. The van der Waals surface area contributed by atoms with E-state index in [-0.39, 0.29) is 67.3 Å². The molecular formula is C54H56Cl2F10N8O8. The maximum absolute atomic E-state index is 14.5. The van der Waals surface area contributed by atoms with Crippen molar-refractivity contribution in [3.05, 3.63) is 157 Å². The van der Waals surface area contributed by atoms with E-state index in [9.17, 15) is 77.8 Å². The molecule has 1 unspecified atom stereocenters. The lowest BCUT2D eigenvalue weighted by Gasteiger charge is -2.28. The number of halogens is 12. The average molecular weight is 1210 g/mol. The molecule has 0 saturated carbocycles. The van der Waals surface area contributed by atoms with Gasteiger partial charge in [-0.2, -0.15) is 30.7 Å². The number of amides is 5. The van der Waals surface area contributed by atoms with E-state index < -0.39 is 99.1 Å². The van der Waals surface area contributed by atoms with E-state index in [4.69, 9.17) is 23.2 Å². The predicted molar refractivity (Wildman–Crippen MR) is 284 cm³/mol. The van der Waals surface area contributed by atoms with Crippen molar-refractivity contribution in [2.24, 2.45) is 21.1 Å². The Morgan fingerprint density at radius 3 is 1.43 bits per heavy atom. The SMILES string of the molecule is CCCNC(=O)C(F)(F)c1cc(C(=O)Nc2ccc(F)c(Cl)c2)cn1C.COC(=O)C(O)(c1c(C)c(C(=O)Nc2ccc(F)c(C)c2)n(C)c1C)C(F)(F)F.Cn1cc(C(=O)Nc2ccc(F)c(Cl)c2)cc1C(F)(F)C(=O)NC(C)(C)C.